The van der Waals surface area contributed by atoms with Crippen molar-refractivity contribution in [2.45, 2.75) is 13.3 Å². The van der Waals surface area contributed by atoms with Crippen molar-refractivity contribution in [1.82, 2.24) is 0 Å². The molecular weight excluding hydrogens is 568 g/mol. The number of benzene rings is 2. The van der Waals surface area contributed by atoms with E-state index in [0.29, 0.717) is 53.6 Å². The fourth-order valence-electron chi connectivity index (χ4n) is 3.65. The van der Waals surface area contributed by atoms with E-state index in [1.165, 1.54) is 29.5 Å². The van der Waals surface area contributed by atoms with Gasteiger partial charge in [-0.05, 0) is 42.1 Å². The first-order valence-corrected chi connectivity index (χ1v) is 13.8. The Morgan fingerprint density at radius 3 is 2.17 bits per heavy atom. The standard InChI is InChI=1S/C29H32N2O10S/c1-19(2)29(34)41-14-12-39-10-8-37-7-9-38-11-13-40-23-5-3-20(24(18-23)28(30)33)16-25(32)27-17-21-15-22(31(35)36)4-6-26(21)42-27/h3-6,15,17-18H,1,7-14,16H2,2H3,(H2,30,33). The van der Waals surface area contributed by atoms with Crippen molar-refractivity contribution in [3.05, 3.63) is 80.7 Å². The topological polar surface area (TPSA) is 167 Å². The Morgan fingerprint density at radius 2 is 1.55 bits per heavy atom. The molecule has 0 spiro atoms. The molecule has 224 valence electrons. The van der Waals surface area contributed by atoms with E-state index in [1.54, 1.807) is 31.2 Å². The fraction of sp³-hybridized carbons (Fsp3) is 0.345. The van der Waals surface area contributed by atoms with Crippen molar-refractivity contribution in [1.29, 1.82) is 0 Å². The number of nitro benzene ring substituents is 1. The number of nitro groups is 1. The molecule has 2 aromatic carbocycles. The quantitative estimate of drug-likeness (QED) is 0.0533. The molecule has 0 aliphatic rings. The van der Waals surface area contributed by atoms with Crippen molar-refractivity contribution in [2.75, 3.05) is 52.9 Å². The van der Waals surface area contributed by atoms with E-state index >= 15 is 0 Å². The average molecular weight is 601 g/mol. The molecule has 3 rings (SSSR count). The second kappa shape index (κ2) is 16.3. The molecule has 0 unspecified atom stereocenters. The van der Waals surface area contributed by atoms with Gasteiger partial charge in [-0.3, -0.25) is 19.7 Å². The second-order valence-corrected chi connectivity index (χ2v) is 10.1. The second-order valence-electron chi connectivity index (χ2n) is 8.97. The van der Waals surface area contributed by atoms with E-state index in [2.05, 4.69) is 6.58 Å². The lowest BCUT2D eigenvalue weighted by Gasteiger charge is -2.11. The number of nitrogens with two attached hydrogens (primary N) is 1. The number of fused-ring (bicyclic) bond motifs is 1. The molecule has 3 aromatic rings. The summed E-state index contributed by atoms with van der Waals surface area (Å²) in [6.07, 6.45) is -0.0654. The zero-order chi connectivity index (χ0) is 30.5. The number of carbonyl (C=O) groups excluding carboxylic acids is 3. The van der Waals surface area contributed by atoms with Crippen LogP contribution in [0.4, 0.5) is 5.69 Å². The molecule has 12 nitrogen and oxygen atoms in total. The number of non-ortho nitro benzene ring substituents is 1. The Kier molecular flexibility index (Phi) is 12.6. The lowest BCUT2D eigenvalue weighted by molar-refractivity contribution is -0.384. The van der Waals surface area contributed by atoms with Gasteiger partial charge in [-0.15, -0.1) is 11.3 Å². The molecule has 1 aromatic heterocycles. The molecule has 0 aliphatic heterocycles. The molecule has 0 saturated heterocycles. The van der Waals surface area contributed by atoms with Gasteiger partial charge in [0, 0.05) is 34.4 Å². The van der Waals surface area contributed by atoms with Crippen molar-refractivity contribution < 1.29 is 43.0 Å². The summed E-state index contributed by atoms with van der Waals surface area (Å²) in [5, 5.41) is 11.6. The van der Waals surface area contributed by atoms with E-state index in [-0.39, 0.29) is 49.9 Å². The Hall–Kier alpha value is -4.17. The van der Waals surface area contributed by atoms with Crippen LogP contribution in [0, 0.1) is 10.1 Å². The van der Waals surface area contributed by atoms with Crippen LogP contribution >= 0.6 is 11.3 Å². The number of ketones is 1. The van der Waals surface area contributed by atoms with Gasteiger partial charge < -0.3 is 29.4 Å². The predicted octanol–water partition coefficient (Wildman–Crippen LogP) is 3.88. The van der Waals surface area contributed by atoms with E-state index in [1.807, 2.05) is 0 Å². The summed E-state index contributed by atoms with van der Waals surface area (Å²) in [6.45, 7) is 7.41. The number of hydrogen-bond donors (Lipinski definition) is 1. The average Bonchev–Trinajstić information content (AvgIpc) is 3.39. The summed E-state index contributed by atoms with van der Waals surface area (Å²) in [5.74, 6) is -0.974. The maximum atomic E-state index is 12.9. The smallest absolute Gasteiger partial charge is 0.333 e. The van der Waals surface area contributed by atoms with Crippen molar-refractivity contribution >= 4 is 44.8 Å². The van der Waals surface area contributed by atoms with Crippen molar-refractivity contribution in [2.24, 2.45) is 5.73 Å². The molecule has 0 saturated carbocycles. The third-order valence-electron chi connectivity index (χ3n) is 5.73. The number of rotatable bonds is 19. The Labute approximate surface area is 246 Å². The fourth-order valence-corrected chi connectivity index (χ4v) is 4.63. The first kappa shape index (κ1) is 32.3. The number of nitrogens with zero attached hydrogens (tertiary/aromatic N) is 1. The Morgan fingerprint density at radius 1 is 0.905 bits per heavy atom. The van der Waals surface area contributed by atoms with Crippen molar-refractivity contribution in [3.8, 4) is 5.75 Å². The van der Waals surface area contributed by atoms with Gasteiger partial charge >= 0.3 is 5.97 Å². The molecule has 1 amide bonds. The number of carbonyl (C=O) groups is 3. The summed E-state index contributed by atoms with van der Waals surface area (Å²) < 4.78 is 27.5. The zero-order valence-electron chi connectivity index (χ0n) is 23.1. The Balaban J connectivity index is 1.36. The van der Waals surface area contributed by atoms with Crippen LogP contribution in [0.2, 0.25) is 0 Å². The van der Waals surface area contributed by atoms with E-state index in [9.17, 15) is 24.5 Å². The highest BCUT2D eigenvalue weighted by atomic mass is 32.1. The number of amides is 1. The number of esters is 1. The van der Waals surface area contributed by atoms with Crippen molar-refractivity contribution in [3.63, 3.8) is 0 Å². The molecule has 1 heterocycles. The van der Waals surface area contributed by atoms with Crippen LogP contribution in [0.3, 0.4) is 0 Å². The lowest BCUT2D eigenvalue weighted by atomic mass is 10.0. The van der Waals surface area contributed by atoms with Crippen LogP contribution in [0.15, 0.2) is 54.6 Å². The summed E-state index contributed by atoms with van der Waals surface area (Å²) in [5.41, 5.74) is 6.47. The SMILES string of the molecule is C=C(C)C(=O)OCCOCCOCCOCCOc1ccc(CC(=O)c2cc3cc([N+](=O)[O-])ccc3s2)c(C(N)=O)c1. The van der Waals surface area contributed by atoms with Crippen LogP contribution in [-0.2, 0) is 30.2 Å². The van der Waals surface area contributed by atoms with Crippen LogP contribution < -0.4 is 10.5 Å². The van der Waals surface area contributed by atoms with E-state index < -0.39 is 16.8 Å². The van der Waals surface area contributed by atoms with Gasteiger partial charge in [-0.1, -0.05) is 12.6 Å². The van der Waals surface area contributed by atoms with Crippen LogP contribution in [-0.4, -0.2) is 75.4 Å². The maximum Gasteiger partial charge on any atom is 0.333 e. The molecule has 13 heteroatoms. The lowest BCUT2D eigenvalue weighted by Crippen LogP contribution is -2.16. The van der Waals surface area contributed by atoms with Gasteiger partial charge in [0.2, 0.25) is 5.91 Å². The van der Waals surface area contributed by atoms with Gasteiger partial charge in [0.1, 0.15) is 19.0 Å². The molecular formula is C29H32N2O10S. The largest absolute Gasteiger partial charge is 0.491 e. The monoisotopic (exact) mass is 600 g/mol. The molecule has 0 aliphatic carbocycles. The van der Waals surface area contributed by atoms with Crippen LogP contribution in [0.25, 0.3) is 10.1 Å². The third kappa shape index (κ3) is 10.0. The minimum Gasteiger partial charge on any atom is -0.491 e. The number of ether oxygens (including phenoxy) is 5. The summed E-state index contributed by atoms with van der Waals surface area (Å²) in [7, 11) is 0. The number of thiophene rings is 1. The van der Waals surface area contributed by atoms with Crippen LogP contribution in [0.5, 0.6) is 5.75 Å². The van der Waals surface area contributed by atoms with Gasteiger partial charge in [0.05, 0.1) is 49.4 Å². The molecule has 0 radical (unpaired) electrons. The van der Waals surface area contributed by atoms with Gasteiger partial charge in [-0.25, -0.2) is 4.79 Å². The molecule has 0 bridgehead atoms. The first-order chi connectivity index (χ1) is 20.2. The Bertz CT molecular complexity index is 1440. The molecule has 2 N–H and O–H groups in total. The van der Waals surface area contributed by atoms with Gasteiger partial charge in [0.15, 0.2) is 5.78 Å². The highest BCUT2D eigenvalue weighted by Gasteiger charge is 2.18. The molecule has 0 fully saturated rings. The zero-order valence-corrected chi connectivity index (χ0v) is 23.9. The summed E-state index contributed by atoms with van der Waals surface area (Å²) in [4.78, 5) is 47.2. The van der Waals surface area contributed by atoms with Crippen LogP contribution in [0.1, 0.15) is 32.5 Å². The summed E-state index contributed by atoms with van der Waals surface area (Å²) >= 11 is 1.23. The minimum atomic E-state index is -0.694. The third-order valence-corrected chi connectivity index (χ3v) is 6.89. The predicted molar refractivity (Wildman–Crippen MR) is 155 cm³/mol. The van der Waals surface area contributed by atoms with E-state index in [4.69, 9.17) is 29.4 Å². The maximum absolute atomic E-state index is 12.9. The minimum absolute atomic E-state index is 0.0521. The molecule has 0 atom stereocenters. The first-order valence-electron chi connectivity index (χ1n) is 13.0. The highest BCUT2D eigenvalue weighted by Crippen LogP contribution is 2.30. The normalized spacial score (nSPS) is 10.9. The number of primary amides is 1. The van der Waals surface area contributed by atoms with Gasteiger partial charge in [0.25, 0.3) is 5.69 Å². The summed E-state index contributed by atoms with van der Waals surface area (Å²) in [6, 6.07) is 10.8. The van der Waals surface area contributed by atoms with E-state index in [0.717, 1.165) is 4.70 Å². The number of Topliss-reactive ketones (excluding diaryl/α,β-unsaturated/α-hetero) is 1. The highest BCUT2D eigenvalue weighted by molar-refractivity contribution is 7.20. The van der Waals surface area contributed by atoms with Gasteiger partial charge in [-0.2, -0.15) is 0 Å². The number of hydrogen-bond acceptors (Lipinski definition) is 11. The molecule has 42 heavy (non-hydrogen) atoms.